The van der Waals surface area contributed by atoms with Gasteiger partial charge in [0.1, 0.15) is 0 Å². The van der Waals surface area contributed by atoms with Crippen molar-refractivity contribution in [2.75, 3.05) is 24.5 Å². The van der Waals surface area contributed by atoms with Crippen LogP contribution in [0.15, 0.2) is 24.3 Å². The van der Waals surface area contributed by atoms with Gasteiger partial charge in [-0.3, -0.25) is 9.69 Å². The molecule has 0 spiro atoms. The first-order chi connectivity index (χ1) is 10.7. The van der Waals surface area contributed by atoms with Crippen LogP contribution in [-0.4, -0.2) is 37.6 Å². The van der Waals surface area contributed by atoms with E-state index in [2.05, 4.69) is 10.6 Å². The van der Waals surface area contributed by atoms with Gasteiger partial charge in [-0.25, -0.2) is 4.79 Å². The van der Waals surface area contributed by atoms with Crippen LogP contribution >= 0.6 is 12.4 Å². The molecule has 1 aliphatic carbocycles. The Balaban J connectivity index is 0.00000192. The minimum absolute atomic E-state index is 0. The maximum absolute atomic E-state index is 12.3. The number of hydrogen-bond donors (Lipinski definition) is 3. The Labute approximate surface area is 142 Å². The number of nitrogens with zero attached hydrogens (tertiary/aromatic N) is 1. The SMILES string of the molecule is Cl.NCC1CCCC1NC(=O)c1ccc(N2CCNC2=O)cc1. The number of hydrogen-bond acceptors (Lipinski definition) is 3. The molecule has 4 N–H and O–H groups in total. The molecule has 23 heavy (non-hydrogen) atoms. The van der Waals surface area contributed by atoms with Gasteiger partial charge in [0, 0.05) is 30.4 Å². The quantitative estimate of drug-likeness (QED) is 0.777. The molecule has 6 nitrogen and oxygen atoms in total. The number of nitrogens with two attached hydrogens (primary N) is 1. The minimum Gasteiger partial charge on any atom is -0.349 e. The highest BCUT2D eigenvalue weighted by atomic mass is 35.5. The summed E-state index contributed by atoms with van der Waals surface area (Å²) in [5, 5.41) is 5.84. The van der Waals surface area contributed by atoms with Crippen LogP contribution in [0, 0.1) is 5.92 Å². The number of rotatable bonds is 4. The van der Waals surface area contributed by atoms with Crippen molar-refractivity contribution in [3.05, 3.63) is 29.8 Å². The first-order valence-corrected chi connectivity index (χ1v) is 7.85. The van der Waals surface area contributed by atoms with Crippen LogP contribution < -0.4 is 21.3 Å². The van der Waals surface area contributed by atoms with Crippen LogP contribution in [0.3, 0.4) is 0 Å². The molecule has 1 aromatic carbocycles. The number of carbonyl (C=O) groups excluding carboxylic acids is 2. The first-order valence-electron chi connectivity index (χ1n) is 7.85. The second kappa shape index (κ2) is 7.66. The molecule has 1 aliphatic heterocycles. The van der Waals surface area contributed by atoms with E-state index >= 15 is 0 Å². The van der Waals surface area contributed by atoms with E-state index in [9.17, 15) is 9.59 Å². The fraction of sp³-hybridized carbons (Fsp3) is 0.500. The molecule has 1 aromatic rings. The Hall–Kier alpha value is -1.79. The summed E-state index contributed by atoms with van der Waals surface area (Å²) in [4.78, 5) is 25.6. The number of carbonyl (C=O) groups is 2. The van der Waals surface area contributed by atoms with Crippen LogP contribution in [-0.2, 0) is 0 Å². The van der Waals surface area contributed by atoms with Crippen molar-refractivity contribution in [1.29, 1.82) is 0 Å². The Morgan fingerprint density at radius 3 is 2.65 bits per heavy atom. The normalized spacial score (nSPS) is 23.3. The third kappa shape index (κ3) is 3.76. The van der Waals surface area contributed by atoms with Gasteiger partial charge in [-0.05, 0) is 49.6 Å². The molecule has 2 fully saturated rings. The van der Waals surface area contributed by atoms with Crippen molar-refractivity contribution >= 4 is 30.0 Å². The monoisotopic (exact) mass is 338 g/mol. The van der Waals surface area contributed by atoms with E-state index in [0.29, 0.717) is 31.1 Å². The summed E-state index contributed by atoms with van der Waals surface area (Å²) in [5.74, 6) is 0.319. The molecule has 7 heteroatoms. The predicted octanol–water partition coefficient (Wildman–Crippen LogP) is 1.50. The van der Waals surface area contributed by atoms with E-state index in [0.717, 1.165) is 24.9 Å². The second-order valence-corrected chi connectivity index (χ2v) is 5.94. The van der Waals surface area contributed by atoms with Gasteiger partial charge >= 0.3 is 6.03 Å². The van der Waals surface area contributed by atoms with Gasteiger partial charge < -0.3 is 16.4 Å². The number of halogens is 1. The summed E-state index contributed by atoms with van der Waals surface area (Å²) < 4.78 is 0. The molecule has 2 unspecified atom stereocenters. The summed E-state index contributed by atoms with van der Waals surface area (Å²) in [6.07, 6.45) is 3.21. The fourth-order valence-corrected chi connectivity index (χ4v) is 3.27. The number of nitrogens with one attached hydrogen (secondary N) is 2. The molecule has 0 radical (unpaired) electrons. The Kier molecular flexibility index (Phi) is 5.85. The highest BCUT2D eigenvalue weighted by Gasteiger charge is 2.27. The third-order valence-electron chi connectivity index (χ3n) is 4.58. The zero-order chi connectivity index (χ0) is 15.5. The summed E-state index contributed by atoms with van der Waals surface area (Å²) in [5.41, 5.74) is 7.18. The lowest BCUT2D eigenvalue weighted by molar-refractivity contribution is 0.0929. The van der Waals surface area contributed by atoms with E-state index in [1.807, 2.05) is 12.1 Å². The molecule has 1 saturated carbocycles. The van der Waals surface area contributed by atoms with Crippen LogP contribution in [0.5, 0.6) is 0 Å². The minimum atomic E-state index is -0.0889. The predicted molar refractivity (Wildman–Crippen MR) is 92.1 cm³/mol. The Morgan fingerprint density at radius 2 is 2.04 bits per heavy atom. The topological polar surface area (TPSA) is 87.5 Å². The van der Waals surface area contributed by atoms with Crippen LogP contribution in [0.25, 0.3) is 0 Å². The van der Waals surface area contributed by atoms with E-state index < -0.39 is 0 Å². The summed E-state index contributed by atoms with van der Waals surface area (Å²) >= 11 is 0. The molecule has 126 valence electrons. The van der Waals surface area contributed by atoms with Gasteiger partial charge in [-0.2, -0.15) is 0 Å². The number of benzene rings is 1. The second-order valence-electron chi connectivity index (χ2n) is 5.94. The van der Waals surface area contributed by atoms with Crippen molar-refractivity contribution in [2.45, 2.75) is 25.3 Å². The summed E-state index contributed by atoms with van der Waals surface area (Å²) in [6, 6.07) is 7.25. The molecule has 0 bridgehead atoms. The Morgan fingerprint density at radius 1 is 1.30 bits per heavy atom. The average Bonchev–Trinajstić information content (AvgIpc) is 3.16. The van der Waals surface area contributed by atoms with Crippen molar-refractivity contribution < 1.29 is 9.59 Å². The van der Waals surface area contributed by atoms with Crippen LogP contribution in [0.1, 0.15) is 29.6 Å². The van der Waals surface area contributed by atoms with Gasteiger partial charge in [-0.15, -0.1) is 12.4 Å². The average molecular weight is 339 g/mol. The third-order valence-corrected chi connectivity index (χ3v) is 4.58. The van der Waals surface area contributed by atoms with Crippen LogP contribution in [0.2, 0.25) is 0 Å². The Bertz CT molecular complexity index is 564. The summed E-state index contributed by atoms with van der Waals surface area (Å²) in [7, 11) is 0. The number of anilines is 1. The van der Waals surface area contributed by atoms with Crippen molar-refractivity contribution in [3.8, 4) is 0 Å². The van der Waals surface area contributed by atoms with Crippen molar-refractivity contribution in [3.63, 3.8) is 0 Å². The smallest absolute Gasteiger partial charge is 0.321 e. The molecule has 3 rings (SSSR count). The standard InChI is InChI=1S/C16H22N4O2.ClH/c17-10-12-2-1-3-14(12)19-15(21)11-4-6-13(7-5-11)20-9-8-18-16(20)22;/h4-7,12,14H,1-3,8-10,17H2,(H,18,22)(H,19,21);1H. The maximum Gasteiger partial charge on any atom is 0.321 e. The zero-order valence-electron chi connectivity index (χ0n) is 13.0. The number of amides is 3. The number of urea groups is 1. The first kappa shape index (κ1) is 17.6. The van der Waals surface area contributed by atoms with Gasteiger partial charge in [-0.1, -0.05) is 6.42 Å². The van der Waals surface area contributed by atoms with Gasteiger partial charge in [0.15, 0.2) is 0 Å². The molecule has 2 atom stereocenters. The van der Waals surface area contributed by atoms with Gasteiger partial charge in [0.2, 0.25) is 0 Å². The summed E-state index contributed by atoms with van der Waals surface area (Å²) in [6.45, 7) is 1.93. The van der Waals surface area contributed by atoms with E-state index in [4.69, 9.17) is 5.73 Å². The lowest BCUT2D eigenvalue weighted by atomic mass is 10.0. The highest BCUT2D eigenvalue weighted by Crippen LogP contribution is 2.25. The fourth-order valence-electron chi connectivity index (χ4n) is 3.27. The molecule has 1 saturated heterocycles. The van der Waals surface area contributed by atoms with E-state index in [-0.39, 0.29) is 30.4 Å². The zero-order valence-corrected chi connectivity index (χ0v) is 13.8. The highest BCUT2D eigenvalue weighted by molar-refractivity contribution is 5.97. The lowest BCUT2D eigenvalue weighted by Crippen LogP contribution is -2.39. The molecule has 1 heterocycles. The van der Waals surface area contributed by atoms with Crippen molar-refractivity contribution in [2.24, 2.45) is 11.7 Å². The molecule has 3 amide bonds. The molecular formula is C16H23ClN4O2. The van der Waals surface area contributed by atoms with E-state index in [1.165, 1.54) is 0 Å². The van der Waals surface area contributed by atoms with Crippen LogP contribution in [0.4, 0.5) is 10.5 Å². The van der Waals surface area contributed by atoms with Gasteiger partial charge in [0.05, 0.1) is 0 Å². The molecular weight excluding hydrogens is 316 g/mol. The lowest BCUT2D eigenvalue weighted by Gasteiger charge is -2.20. The molecule has 0 aromatic heterocycles. The maximum atomic E-state index is 12.3. The van der Waals surface area contributed by atoms with E-state index in [1.54, 1.807) is 17.0 Å². The molecule has 2 aliphatic rings. The largest absolute Gasteiger partial charge is 0.349 e. The van der Waals surface area contributed by atoms with Gasteiger partial charge in [0.25, 0.3) is 5.91 Å². The van der Waals surface area contributed by atoms with Crippen molar-refractivity contribution in [1.82, 2.24) is 10.6 Å².